The summed E-state index contributed by atoms with van der Waals surface area (Å²) in [6, 6.07) is 2.61. The molecule has 0 fully saturated rings. The minimum Gasteiger partial charge on any atom is -0.348 e. The molecule has 0 bridgehead atoms. The van der Waals surface area contributed by atoms with E-state index in [2.05, 4.69) is 40.7 Å². The molecule has 1 aliphatic rings. The summed E-state index contributed by atoms with van der Waals surface area (Å²) in [6.07, 6.45) is 0.139. The lowest BCUT2D eigenvalue weighted by molar-refractivity contribution is -0.141. The zero-order valence-electron chi connectivity index (χ0n) is 23.2. The van der Waals surface area contributed by atoms with E-state index < -0.39 is 41.1 Å². The number of nitrogens with one attached hydrogen (secondary N) is 1. The van der Waals surface area contributed by atoms with Gasteiger partial charge in [0.25, 0.3) is 5.91 Å². The minimum absolute atomic E-state index is 0.0951. The Hall–Kier alpha value is -3.72. The number of carbonyl (C=O) groups is 2. The molecule has 15 heteroatoms. The Labute approximate surface area is 256 Å². The van der Waals surface area contributed by atoms with Gasteiger partial charge in [-0.15, -0.1) is 0 Å². The van der Waals surface area contributed by atoms with Crippen LogP contribution in [0.25, 0.3) is 11.3 Å². The van der Waals surface area contributed by atoms with Gasteiger partial charge in [-0.25, -0.2) is 18.7 Å². The second kappa shape index (κ2) is 11.8. The van der Waals surface area contributed by atoms with Crippen LogP contribution < -0.4 is 5.32 Å². The van der Waals surface area contributed by atoms with Gasteiger partial charge in [-0.2, -0.15) is 18.3 Å². The number of hydrogen-bond donors (Lipinski definition) is 1. The first-order chi connectivity index (χ1) is 20.2. The maximum atomic E-state index is 14.8. The highest BCUT2D eigenvalue weighted by molar-refractivity contribution is 9.10. The summed E-state index contributed by atoms with van der Waals surface area (Å²) in [4.78, 5) is 37.0. The minimum atomic E-state index is -4.70. The molecule has 1 aromatic carbocycles. The predicted octanol–water partition coefficient (Wildman–Crippen LogP) is 5.23. The molecule has 226 valence electrons. The zero-order chi connectivity index (χ0) is 31.1. The van der Waals surface area contributed by atoms with E-state index >= 15 is 0 Å². The Morgan fingerprint density at radius 3 is 2.56 bits per heavy atom. The van der Waals surface area contributed by atoms with E-state index in [4.69, 9.17) is 0 Å². The molecule has 0 saturated carbocycles. The first-order valence-corrected chi connectivity index (χ1v) is 14.8. The zero-order valence-corrected chi connectivity index (χ0v) is 25.6. The molecule has 1 atom stereocenters. The fourth-order valence-corrected chi connectivity index (χ4v) is 6.08. The van der Waals surface area contributed by atoms with Crippen LogP contribution in [0.5, 0.6) is 0 Å². The van der Waals surface area contributed by atoms with Gasteiger partial charge < -0.3 is 10.2 Å². The fraction of sp³-hybridized carbons (Fsp3) is 0.357. The van der Waals surface area contributed by atoms with Gasteiger partial charge in [-0.1, -0.05) is 15.9 Å². The largest absolute Gasteiger partial charge is 0.435 e. The first-order valence-electron chi connectivity index (χ1n) is 13.2. The Kier molecular flexibility index (Phi) is 8.40. The van der Waals surface area contributed by atoms with Crippen LogP contribution in [0, 0.1) is 12.7 Å². The SMILES string of the molecule is Cc1ncc(-c2cc(C(F)(F)F)nn2CC(C)(C)NC(=O)[C@@H](Cc2cnsc2)N2CCc3c(Br)ccc(F)c3C2=O)cn1. The van der Waals surface area contributed by atoms with Crippen LogP contribution in [0.15, 0.2) is 46.6 Å². The second-order valence-corrected chi connectivity index (χ2v) is 12.4. The number of aromatic nitrogens is 5. The lowest BCUT2D eigenvalue weighted by Gasteiger charge is -2.37. The number of fused-ring (bicyclic) bond motifs is 1. The van der Waals surface area contributed by atoms with Gasteiger partial charge in [-0.05, 0) is 68.1 Å². The smallest absolute Gasteiger partial charge is 0.348 e. The third kappa shape index (κ3) is 6.61. The summed E-state index contributed by atoms with van der Waals surface area (Å²) >= 11 is 4.57. The van der Waals surface area contributed by atoms with E-state index in [1.54, 1.807) is 32.3 Å². The molecule has 0 spiro atoms. The fourth-order valence-electron chi connectivity index (χ4n) is 5.00. The Morgan fingerprint density at radius 1 is 1.19 bits per heavy atom. The van der Waals surface area contributed by atoms with Crippen molar-refractivity contribution in [2.24, 2.45) is 0 Å². The van der Waals surface area contributed by atoms with Crippen molar-refractivity contribution >= 4 is 39.3 Å². The van der Waals surface area contributed by atoms with Crippen molar-refractivity contribution < 1.29 is 27.2 Å². The highest BCUT2D eigenvalue weighted by Gasteiger charge is 2.39. The van der Waals surface area contributed by atoms with Crippen LogP contribution in [0.1, 0.15) is 46.9 Å². The normalized spacial score (nSPS) is 14.5. The number of rotatable bonds is 8. The topological polar surface area (TPSA) is 106 Å². The number of halogens is 5. The summed E-state index contributed by atoms with van der Waals surface area (Å²) in [5.41, 5.74) is -0.642. The Balaban J connectivity index is 1.44. The molecule has 0 radical (unpaired) electrons. The summed E-state index contributed by atoms with van der Waals surface area (Å²) in [6.45, 7) is 4.95. The summed E-state index contributed by atoms with van der Waals surface area (Å²) in [7, 11) is 0. The molecule has 9 nitrogen and oxygen atoms in total. The van der Waals surface area contributed by atoms with Crippen LogP contribution >= 0.6 is 27.5 Å². The molecule has 4 heterocycles. The average molecular weight is 681 g/mol. The Bertz CT molecular complexity index is 1660. The molecule has 0 aliphatic carbocycles. The molecule has 43 heavy (non-hydrogen) atoms. The van der Waals surface area contributed by atoms with E-state index in [9.17, 15) is 27.2 Å². The molecule has 1 aliphatic heterocycles. The van der Waals surface area contributed by atoms with Gasteiger partial charge in [0.1, 0.15) is 17.7 Å². The monoisotopic (exact) mass is 679 g/mol. The molecule has 5 rings (SSSR count). The molecule has 4 aromatic rings. The third-order valence-corrected chi connectivity index (χ3v) is 8.41. The molecular formula is C28H26BrF4N7O2S. The maximum absolute atomic E-state index is 14.8. The quantitative estimate of drug-likeness (QED) is 0.256. The second-order valence-electron chi connectivity index (χ2n) is 10.8. The van der Waals surface area contributed by atoms with Crippen LogP contribution in [0.3, 0.4) is 0 Å². The Morgan fingerprint density at radius 2 is 1.91 bits per heavy atom. The molecular weight excluding hydrogens is 654 g/mol. The standard InChI is InChI=1S/C28H26BrF4N7O2S/c1-15-34-11-17(12-35-15)21-9-23(28(31,32)33)38-40(21)14-27(2,3)37-25(41)22(8-16-10-36-43-13-16)39-7-6-18-19(29)4-5-20(30)24(18)26(39)42/h4-5,9-13,22H,6-8,14H2,1-3H3,(H,37,41)/t22-/m1/s1. The highest BCUT2D eigenvalue weighted by Crippen LogP contribution is 2.33. The van der Waals surface area contributed by atoms with Crippen LogP contribution in [-0.2, 0) is 30.4 Å². The van der Waals surface area contributed by atoms with Crippen molar-refractivity contribution in [2.75, 3.05) is 6.54 Å². The van der Waals surface area contributed by atoms with E-state index in [-0.39, 0.29) is 30.8 Å². The highest BCUT2D eigenvalue weighted by atomic mass is 79.9. The molecule has 3 aromatic heterocycles. The van der Waals surface area contributed by atoms with Crippen LogP contribution in [0.4, 0.5) is 17.6 Å². The number of aryl methyl sites for hydroxylation is 1. The van der Waals surface area contributed by atoms with Gasteiger partial charge in [-0.3, -0.25) is 14.3 Å². The summed E-state index contributed by atoms with van der Waals surface area (Å²) in [5.74, 6) is -1.40. The maximum Gasteiger partial charge on any atom is 0.435 e. The number of nitrogens with zero attached hydrogens (tertiary/aromatic N) is 6. The van der Waals surface area contributed by atoms with Gasteiger partial charge in [0.2, 0.25) is 5.91 Å². The van der Waals surface area contributed by atoms with Crippen molar-refractivity contribution in [3.8, 4) is 11.3 Å². The van der Waals surface area contributed by atoms with Crippen molar-refractivity contribution in [1.82, 2.24) is 34.3 Å². The summed E-state index contributed by atoms with van der Waals surface area (Å²) in [5, 5.41) is 8.44. The number of carbonyl (C=O) groups excluding carboxylic acids is 2. The predicted molar refractivity (Wildman–Crippen MR) is 154 cm³/mol. The van der Waals surface area contributed by atoms with Crippen molar-refractivity contribution in [3.63, 3.8) is 0 Å². The molecule has 2 amide bonds. The molecule has 0 saturated heterocycles. The third-order valence-electron chi connectivity index (χ3n) is 7.03. The number of benzene rings is 1. The van der Waals surface area contributed by atoms with Gasteiger partial charge in [0.05, 0.1) is 23.3 Å². The lowest BCUT2D eigenvalue weighted by atomic mass is 9.95. The summed E-state index contributed by atoms with van der Waals surface area (Å²) < 4.78 is 61.6. The van der Waals surface area contributed by atoms with E-state index in [1.807, 2.05) is 0 Å². The van der Waals surface area contributed by atoms with Crippen LogP contribution in [0.2, 0.25) is 0 Å². The number of hydrogen-bond acceptors (Lipinski definition) is 7. The number of alkyl halides is 3. The van der Waals surface area contributed by atoms with E-state index in [0.717, 1.165) is 10.7 Å². The van der Waals surface area contributed by atoms with Crippen molar-refractivity contribution in [1.29, 1.82) is 0 Å². The van der Waals surface area contributed by atoms with Crippen LogP contribution in [-0.4, -0.2) is 59.0 Å². The van der Waals surface area contributed by atoms with E-state index in [0.29, 0.717) is 33.4 Å². The van der Waals surface area contributed by atoms with Gasteiger partial charge in [0, 0.05) is 47.0 Å². The van der Waals surface area contributed by atoms with Gasteiger partial charge >= 0.3 is 6.18 Å². The average Bonchev–Trinajstić information content (AvgIpc) is 3.60. The van der Waals surface area contributed by atoms with Gasteiger partial charge in [0.15, 0.2) is 5.69 Å². The van der Waals surface area contributed by atoms with Crippen molar-refractivity contribution in [3.05, 3.63) is 80.7 Å². The molecule has 0 unspecified atom stereocenters. The first kappa shape index (κ1) is 30.7. The van der Waals surface area contributed by atoms with E-state index in [1.165, 1.54) is 41.0 Å². The number of amides is 2. The molecule has 1 N–H and O–H groups in total. The van der Waals surface area contributed by atoms with Crippen molar-refractivity contribution in [2.45, 2.75) is 57.9 Å². The lowest BCUT2D eigenvalue weighted by Crippen LogP contribution is -2.58.